The number of hydrogen-bond acceptors (Lipinski definition) is 3. The lowest BCUT2D eigenvalue weighted by atomic mass is 10.2. The van der Waals surface area contributed by atoms with Crippen LogP contribution in [0.5, 0.6) is 5.75 Å². The van der Waals surface area contributed by atoms with Crippen LogP contribution in [-0.2, 0) is 0 Å². The Bertz CT molecular complexity index is 654. The molecule has 5 nitrogen and oxygen atoms in total. The lowest BCUT2D eigenvalue weighted by Crippen LogP contribution is -2.39. The highest BCUT2D eigenvalue weighted by molar-refractivity contribution is 5.90. The molecular weight excluding hydrogens is 290 g/mol. The van der Waals surface area contributed by atoms with Crippen molar-refractivity contribution in [2.45, 2.75) is 31.8 Å². The van der Waals surface area contributed by atoms with Crippen LogP contribution in [0, 0.1) is 0 Å². The first-order chi connectivity index (χ1) is 11.2. The molecule has 5 heteroatoms. The SMILES string of the molecule is COc1ccc(NC(=O)N(C2CC2)[C@@H](C)c2ccccn2)cc1. The Hall–Kier alpha value is -2.56. The number of nitrogens with one attached hydrogen (secondary N) is 1. The van der Waals surface area contributed by atoms with Gasteiger partial charge in [0.25, 0.3) is 0 Å². The van der Waals surface area contributed by atoms with Gasteiger partial charge in [0.1, 0.15) is 5.75 Å². The van der Waals surface area contributed by atoms with E-state index < -0.39 is 0 Å². The van der Waals surface area contributed by atoms with E-state index in [2.05, 4.69) is 10.3 Å². The molecule has 2 amide bonds. The molecule has 1 atom stereocenters. The van der Waals surface area contributed by atoms with Gasteiger partial charge in [-0.15, -0.1) is 0 Å². The molecule has 0 unspecified atom stereocenters. The number of urea groups is 1. The molecular formula is C18H21N3O2. The number of amides is 2. The van der Waals surface area contributed by atoms with Crippen molar-refractivity contribution in [2.75, 3.05) is 12.4 Å². The zero-order valence-corrected chi connectivity index (χ0v) is 13.4. The molecule has 0 bridgehead atoms. The van der Waals surface area contributed by atoms with E-state index in [1.807, 2.05) is 54.3 Å². The first-order valence-corrected chi connectivity index (χ1v) is 7.83. The number of aromatic nitrogens is 1. The van der Waals surface area contributed by atoms with Crippen LogP contribution in [0.3, 0.4) is 0 Å². The Morgan fingerprint density at radius 3 is 2.57 bits per heavy atom. The normalized spacial score (nSPS) is 14.9. The van der Waals surface area contributed by atoms with Crippen molar-refractivity contribution in [1.29, 1.82) is 0 Å². The highest BCUT2D eigenvalue weighted by atomic mass is 16.5. The smallest absolute Gasteiger partial charge is 0.322 e. The Morgan fingerprint density at radius 1 is 1.26 bits per heavy atom. The van der Waals surface area contributed by atoms with Crippen molar-refractivity contribution >= 4 is 11.7 Å². The third-order valence-electron chi connectivity index (χ3n) is 4.05. The van der Waals surface area contributed by atoms with Crippen molar-refractivity contribution in [3.63, 3.8) is 0 Å². The summed E-state index contributed by atoms with van der Waals surface area (Å²) in [5.41, 5.74) is 1.67. The second kappa shape index (κ2) is 6.69. The van der Waals surface area contributed by atoms with Crippen LogP contribution < -0.4 is 10.1 Å². The van der Waals surface area contributed by atoms with Crippen LogP contribution in [0.1, 0.15) is 31.5 Å². The molecule has 1 saturated carbocycles. The van der Waals surface area contributed by atoms with Crippen molar-refractivity contribution in [2.24, 2.45) is 0 Å². The fraction of sp³-hybridized carbons (Fsp3) is 0.333. The van der Waals surface area contributed by atoms with Gasteiger partial charge in [0.2, 0.25) is 0 Å². The first-order valence-electron chi connectivity index (χ1n) is 7.83. The Balaban J connectivity index is 1.74. The van der Waals surface area contributed by atoms with Gasteiger partial charge in [0.05, 0.1) is 18.8 Å². The van der Waals surface area contributed by atoms with E-state index in [0.29, 0.717) is 6.04 Å². The zero-order chi connectivity index (χ0) is 16.2. The third-order valence-corrected chi connectivity index (χ3v) is 4.05. The van der Waals surface area contributed by atoms with E-state index in [1.165, 1.54) is 0 Å². The highest BCUT2D eigenvalue weighted by Crippen LogP contribution is 2.34. The number of carbonyl (C=O) groups is 1. The molecule has 0 saturated heterocycles. The highest BCUT2D eigenvalue weighted by Gasteiger charge is 2.36. The van der Waals surface area contributed by atoms with Gasteiger partial charge in [-0.05, 0) is 56.2 Å². The van der Waals surface area contributed by atoms with Crippen molar-refractivity contribution in [3.8, 4) is 5.75 Å². The summed E-state index contributed by atoms with van der Waals surface area (Å²) in [6, 6.07) is 13.3. The minimum Gasteiger partial charge on any atom is -0.497 e. The lowest BCUT2D eigenvalue weighted by molar-refractivity contribution is 0.187. The van der Waals surface area contributed by atoms with E-state index >= 15 is 0 Å². The Kier molecular flexibility index (Phi) is 4.46. The van der Waals surface area contributed by atoms with Gasteiger partial charge in [-0.3, -0.25) is 4.98 Å². The Labute approximate surface area is 136 Å². The molecule has 120 valence electrons. The molecule has 1 aromatic heterocycles. The molecule has 1 aromatic carbocycles. The molecule has 1 N–H and O–H groups in total. The maximum atomic E-state index is 12.7. The second-order valence-electron chi connectivity index (χ2n) is 5.73. The van der Waals surface area contributed by atoms with E-state index in [-0.39, 0.29) is 12.1 Å². The van der Waals surface area contributed by atoms with E-state index in [4.69, 9.17) is 4.74 Å². The summed E-state index contributed by atoms with van der Waals surface area (Å²) in [5.74, 6) is 0.768. The summed E-state index contributed by atoms with van der Waals surface area (Å²) >= 11 is 0. The average molecular weight is 311 g/mol. The molecule has 1 heterocycles. The van der Waals surface area contributed by atoms with Gasteiger partial charge in [-0.1, -0.05) is 6.07 Å². The van der Waals surface area contributed by atoms with Crippen LogP contribution in [0.4, 0.5) is 10.5 Å². The fourth-order valence-corrected chi connectivity index (χ4v) is 2.64. The largest absolute Gasteiger partial charge is 0.497 e. The van der Waals surface area contributed by atoms with Gasteiger partial charge >= 0.3 is 6.03 Å². The number of carbonyl (C=O) groups excluding carboxylic acids is 1. The summed E-state index contributed by atoms with van der Waals surface area (Å²) in [7, 11) is 1.62. The maximum absolute atomic E-state index is 12.7. The van der Waals surface area contributed by atoms with E-state index in [1.54, 1.807) is 13.3 Å². The number of benzene rings is 1. The second-order valence-corrected chi connectivity index (χ2v) is 5.73. The minimum absolute atomic E-state index is 0.0538. The van der Waals surface area contributed by atoms with Crippen LogP contribution in [-0.4, -0.2) is 29.1 Å². The van der Waals surface area contributed by atoms with Crippen LogP contribution >= 0.6 is 0 Å². The molecule has 1 aliphatic rings. The number of pyridine rings is 1. The van der Waals surface area contributed by atoms with Crippen molar-refractivity contribution in [3.05, 3.63) is 54.4 Å². The number of nitrogens with zero attached hydrogens (tertiary/aromatic N) is 2. The zero-order valence-electron chi connectivity index (χ0n) is 13.4. The van der Waals surface area contributed by atoms with Gasteiger partial charge < -0.3 is 15.0 Å². The molecule has 0 spiro atoms. The first kappa shape index (κ1) is 15.3. The Morgan fingerprint density at radius 2 is 2.00 bits per heavy atom. The van der Waals surface area contributed by atoms with Gasteiger partial charge in [-0.25, -0.2) is 4.79 Å². The summed E-state index contributed by atoms with van der Waals surface area (Å²) in [4.78, 5) is 19.0. The van der Waals surface area contributed by atoms with Gasteiger partial charge in [0, 0.05) is 17.9 Å². The summed E-state index contributed by atoms with van der Waals surface area (Å²) in [6.45, 7) is 2.02. The maximum Gasteiger partial charge on any atom is 0.322 e. The monoisotopic (exact) mass is 311 g/mol. The van der Waals surface area contributed by atoms with Crippen molar-refractivity contribution in [1.82, 2.24) is 9.88 Å². The minimum atomic E-state index is -0.0872. The number of rotatable bonds is 5. The number of methoxy groups -OCH3 is 1. The van der Waals surface area contributed by atoms with Crippen molar-refractivity contribution < 1.29 is 9.53 Å². The van der Waals surface area contributed by atoms with Gasteiger partial charge in [-0.2, -0.15) is 0 Å². The average Bonchev–Trinajstić information content (AvgIpc) is 3.41. The molecule has 1 fully saturated rings. The van der Waals surface area contributed by atoms with E-state index in [0.717, 1.165) is 30.0 Å². The number of ether oxygens (including phenoxy) is 1. The molecule has 0 aliphatic heterocycles. The van der Waals surface area contributed by atoms with Crippen LogP contribution in [0.2, 0.25) is 0 Å². The predicted octanol–water partition coefficient (Wildman–Crippen LogP) is 3.85. The lowest BCUT2D eigenvalue weighted by Gasteiger charge is -2.29. The molecule has 2 aromatic rings. The number of anilines is 1. The van der Waals surface area contributed by atoms with Gasteiger partial charge in [0.15, 0.2) is 0 Å². The fourth-order valence-electron chi connectivity index (χ4n) is 2.64. The molecule has 0 radical (unpaired) electrons. The quantitative estimate of drug-likeness (QED) is 0.912. The standard InChI is InChI=1S/C18H21N3O2/c1-13(17-5-3-4-12-19-17)21(15-8-9-15)18(22)20-14-6-10-16(23-2)11-7-14/h3-7,10-13,15H,8-9H2,1-2H3,(H,20,22)/t13-/m0/s1. The molecule has 3 rings (SSSR count). The topological polar surface area (TPSA) is 54.5 Å². The summed E-state index contributed by atoms with van der Waals surface area (Å²) < 4.78 is 5.13. The molecule has 23 heavy (non-hydrogen) atoms. The predicted molar refractivity (Wildman–Crippen MR) is 89.5 cm³/mol. The third kappa shape index (κ3) is 3.62. The number of hydrogen-bond donors (Lipinski definition) is 1. The van der Waals surface area contributed by atoms with Crippen LogP contribution in [0.15, 0.2) is 48.7 Å². The molecule has 1 aliphatic carbocycles. The van der Waals surface area contributed by atoms with Crippen LogP contribution in [0.25, 0.3) is 0 Å². The summed E-state index contributed by atoms with van der Waals surface area (Å²) in [6.07, 6.45) is 3.86. The van der Waals surface area contributed by atoms with E-state index in [9.17, 15) is 4.79 Å². The summed E-state index contributed by atoms with van der Waals surface area (Å²) in [5, 5.41) is 2.97.